The van der Waals surface area contributed by atoms with E-state index in [1.54, 1.807) is 18.5 Å². The average Bonchev–Trinajstić information content (AvgIpc) is 2.29. The van der Waals surface area contributed by atoms with Crippen LogP contribution in [0, 0.1) is 0 Å². The third kappa shape index (κ3) is 3.03. The number of hydrogen-bond donors (Lipinski definition) is 0. The van der Waals surface area contributed by atoms with Gasteiger partial charge >= 0.3 is 6.18 Å². The van der Waals surface area contributed by atoms with Gasteiger partial charge in [0, 0.05) is 18.8 Å². The summed E-state index contributed by atoms with van der Waals surface area (Å²) < 4.78 is 37.4. The van der Waals surface area contributed by atoms with E-state index in [0.717, 1.165) is 17.7 Å². The zero-order valence-electron chi connectivity index (χ0n) is 8.78. The van der Waals surface area contributed by atoms with Gasteiger partial charge in [-0.1, -0.05) is 18.2 Å². The van der Waals surface area contributed by atoms with Gasteiger partial charge in [0.25, 0.3) is 0 Å². The summed E-state index contributed by atoms with van der Waals surface area (Å²) in [6.07, 6.45) is 0.657. The molecule has 2 aromatic rings. The Labute approximate surface area is 96.2 Å². The van der Waals surface area contributed by atoms with E-state index in [-0.39, 0.29) is 0 Å². The van der Waals surface area contributed by atoms with Crippen LogP contribution in [0.3, 0.4) is 0 Å². The standard InChI is InChI=1S/C12H9F3N2/c13-12(14,15)11-3-1-2-9(5-11)4-10-6-16-8-17-7-10/h1-3,5-8H,4H2. The monoisotopic (exact) mass is 238 g/mol. The molecule has 0 aliphatic carbocycles. The number of benzene rings is 1. The fraction of sp³-hybridized carbons (Fsp3) is 0.167. The molecule has 0 atom stereocenters. The second kappa shape index (κ2) is 4.53. The molecule has 2 nitrogen and oxygen atoms in total. The smallest absolute Gasteiger partial charge is 0.245 e. The number of nitrogens with zero attached hydrogens (tertiary/aromatic N) is 2. The molecule has 5 heteroatoms. The van der Waals surface area contributed by atoms with Gasteiger partial charge in [-0.2, -0.15) is 13.2 Å². The van der Waals surface area contributed by atoms with E-state index >= 15 is 0 Å². The zero-order valence-corrected chi connectivity index (χ0v) is 8.78. The summed E-state index contributed by atoms with van der Waals surface area (Å²) in [5, 5.41) is 0. The van der Waals surface area contributed by atoms with Crippen LogP contribution in [0.4, 0.5) is 13.2 Å². The van der Waals surface area contributed by atoms with Crippen LogP contribution in [-0.4, -0.2) is 9.97 Å². The number of halogens is 3. The zero-order chi connectivity index (χ0) is 12.3. The SMILES string of the molecule is FC(F)(F)c1cccc(Cc2cncnc2)c1. The first-order valence-corrected chi connectivity index (χ1v) is 4.96. The molecule has 0 bridgehead atoms. The van der Waals surface area contributed by atoms with E-state index in [4.69, 9.17) is 0 Å². The first-order valence-electron chi connectivity index (χ1n) is 4.96. The molecule has 1 aromatic heterocycles. The summed E-state index contributed by atoms with van der Waals surface area (Å²) in [7, 11) is 0. The number of hydrogen-bond acceptors (Lipinski definition) is 2. The summed E-state index contributed by atoms with van der Waals surface area (Å²) in [5.41, 5.74) is 0.744. The Morgan fingerprint density at radius 2 is 1.71 bits per heavy atom. The van der Waals surface area contributed by atoms with Gasteiger partial charge in [0.15, 0.2) is 0 Å². The van der Waals surface area contributed by atoms with Crippen molar-refractivity contribution in [3.8, 4) is 0 Å². The minimum atomic E-state index is -4.30. The quantitative estimate of drug-likeness (QED) is 0.803. The van der Waals surface area contributed by atoms with Crippen LogP contribution in [0.15, 0.2) is 43.0 Å². The number of alkyl halides is 3. The van der Waals surface area contributed by atoms with E-state index < -0.39 is 11.7 Å². The molecule has 2 rings (SSSR count). The van der Waals surface area contributed by atoms with Crippen LogP contribution >= 0.6 is 0 Å². The molecule has 0 spiro atoms. The van der Waals surface area contributed by atoms with E-state index in [9.17, 15) is 13.2 Å². The molecule has 0 amide bonds. The second-order valence-corrected chi connectivity index (χ2v) is 3.62. The Morgan fingerprint density at radius 3 is 2.35 bits per heavy atom. The second-order valence-electron chi connectivity index (χ2n) is 3.62. The largest absolute Gasteiger partial charge is 0.416 e. The van der Waals surface area contributed by atoms with Crippen LogP contribution < -0.4 is 0 Å². The molecule has 0 radical (unpaired) electrons. The fourth-order valence-electron chi connectivity index (χ4n) is 1.51. The first kappa shape index (κ1) is 11.6. The Balaban J connectivity index is 2.23. The third-order valence-electron chi connectivity index (χ3n) is 2.28. The van der Waals surface area contributed by atoms with Gasteiger partial charge in [-0.25, -0.2) is 9.97 Å². The lowest BCUT2D eigenvalue weighted by molar-refractivity contribution is -0.137. The Bertz CT molecular complexity index is 495. The molecule has 88 valence electrons. The molecule has 1 heterocycles. The molecule has 1 aromatic carbocycles. The summed E-state index contributed by atoms with van der Waals surface area (Å²) >= 11 is 0. The number of rotatable bonds is 2. The molecule has 0 unspecified atom stereocenters. The molecule has 0 N–H and O–H groups in total. The van der Waals surface area contributed by atoms with Crippen LogP contribution in [0.5, 0.6) is 0 Å². The Hall–Kier alpha value is -1.91. The average molecular weight is 238 g/mol. The third-order valence-corrected chi connectivity index (χ3v) is 2.28. The highest BCUT2D eigenvalue weighted by molar-refractivity contribution is 5.29. The summed E-state index contributed by atoms with van der Waals surface area (Å²) in [6, 6.07) is 5.27. The van der Waals surface area contributed by atoms with Crippen LogP contribution in [0.1, 0.15) is 16.7 Å². The highest BCUT2D eigenvalue weighted by Gasteiger charge is 2.30. The molecule has 0 saturated heterocycles. The lowest BCUT2D eigenvalue weighted by Gasteiger charge is -2.08. The minimum absolute atomic E-state index is 0.394. The van der Waals surface area contributed by atoms with E-state index in [1.807, 2.05) is 0 Å². The van der Waals surface area contributed by atoms with Crippen LogP contribution in [0.2, 0.25) is 0 Å². The van der Waals surface area contributed by atoms with Crippen molar-refractivity contribution >= 4 is 0 Å². The van der Waals surface area contributed by atoms with Gasteiger partial charge in [0.2, 0.25) is 0 Å². The molecule has 17 heavy (non-hydrogen) atoms. The topological polar surface area (TPSA) is 25.8 Å². The van der Waals surface area contributed by atoms with Crippen LogP contribution in [0.25, 0.3) is 0 Å². The number of aromatic nitrogens is 2. The van der Waals surface area contributed by atoms with E-state index in [2.05, 4.69) is 9.97 Å². The lowest BCUT2D eigenvalue weighted by atomic mass is 10.0. The molecule has 0 saturated carbocycles. The summed E-state index contributed by atoms with van der Waals surface area (Å²) in [4.78, 5) is 7.64. The van der Waals surface area contributed by atoms with Crippen molar-refractivity contribution in [1.29, 1.82) is 0 Å². The predicted molar refractivity (Wildman–Crippen MR) is 56.3 cm³/mol. The predicted octanol–water partition coefficient (Wildman–Crippen LogP) is 3.09. The van der Waals surface area contributed by atoms with Crippen molar-refractivity contribution in [2.45, 2.75) is 12.6 Å². The molecule has 0 aliphatic rings. The molecular weight excluding hydrogens is 229 g/mol. The van der Waals surface area contributed by atoms with Gasteiger partial charge < -0.3 is 0 Å². The van der Waals surface area contributed by atoms with Gasteiger partial charge in [0.1, 0.15) is 6.33 Å². The lowest BCUT2D eigenvalue weighted by Crippen LogP contribution is -2.05. The first-order chi connectivity index (χ1) is 8.05. The highest BCUT2D eigenvalue weighted by atomic mass is 19.4. The molecular formula is C12H9F3N2. The highest BCUT2D eigenvalue weighted by Crippen LogP contribution is 2.29. The van der Waals surface area contributed by atoms with Crippen molar-refractivity contribution in [1.82, 2.24) is 9.97 Å². The normalized spacial score (nSPS) is 11.5. The molecule has 0 fully saturated rings. The van der Waals surface area contributed by atoms with Gasteiger partial charge in [0.05, 0.1) is 5.56 Å². The minimum Gasteiger partial charge on any atom is -0.245 e. The van der Waals surface area contributed by atoms with Crippen molar-refractivity contribution in [2.75, 3.05) is 0 Å². The maximum Gasteiger partial charge on any atom is 0.416 e. The van der Waals surface area contributed by atoms with Crippen molar-refractivity contribution in [2.24, 2.45) is 0 Å². The van der Waals surface area contributed by atoms with Crippen molar-refractivity contribution in [3.63, 3.8) is 0 Å². The summed E-state index contributed by atoms with van der Waals surface area (Å²) in [5.74, 6) is 0. The molecule has 0 aliphatic heterocycles. The van der Waals surface area contributed by atoms with Crippen molar-refractivity contribution < 1.29 is 13.2 Å². The van der Waals surface area contributed by atoms with Gasteiger partial charge in [-0.3, -0.25) is 0 Å². The summed E-state index contributed by atoms with van der Waals surface area (Å²) in [6.45, 7) is 0. The van der Waals surface area contributed by atoms with Gasteiger partial charge in [-0.15, -0.1) is 0 Å². The van der Waals surface area contributed by atoms with Crippen molar-refractivity contribution in [3.05, 3.63) is 59.7 Å². The fourth-order valence-corrected chi connectivity index (χ4v) is 1.51. The maximum atomic E-state index is 12.5. The maximum absolute atomic E-state index is 12.5. The van der Waals surface area contributed by atoms with Gasteiger partial charge in [-0.05, 0) is 17.2 Å². The van der Waals surface area contributed by atoms with E-state index in [1.165, 1.54) is 12.4 Å². The van der Waals surface area contributed by atoms with E-state index in [0.29, 0.717) is 12.0 Å². The Morgan fingerprint density at radius 1 is 1.00 bits per heavy atom. The van der Waals surface area contributed by atoms with Crippen LogP contribution in [-0.2, 0) is 12.6 Å². The Kier molecular flexibility index (Phi) is 3.08.